The monoisotopic (exact) mass is 437 g/mol. The van der Waals surface area contributed by atoms with Gasteiger partial charge in [-0.1, -0.05) is 30.7 Å². The van der Waals surface area contributed by atoms with E-state index in [1.165, 1.54) is 40.8 Å². The average molecular weight is 438 g/mol. The number of carbonyl (C=O) groups excluding carboxylic acids is 1. The minimum atomic E-state index is -0.396. The highest BCUT2D eigenvalue weighted by atomic mass is 32.1. The van der Waals surface area contributed by atoms with Gasteiger partial charge in [-0.2, -0.15) is 0 Å². The Morgan fingerprint density at radius 3 is 2.65 bits per heavy atom. The number of fused-ring (bicyclic) bond motifs is 1. The standard InChI is InChI=1S/C24H31N5OS/c1-16-18(3)31-24-21(16)22(26-15-27-24)28-17(2)23(30)25-13-19-9-5-6-10-20(19)14-29-11-7-4-8-12-29/h5-6,9-10,15,17H,4,7-8,11-14H2,1-3H3,(H,25,30)(H,26,27,28)/t17-/m0/s1. The first kappa shape index (κ1) is 21.7. The number of aryl methyl sites for hydroxylation is 2. The molecule has 2 N–H and O–H groups in total. The smallest absolute Gasteiger partial charge is 0.242 e. The number of hydrogen-bond donors (Lipinski definition) is 2. The first-order valence-corrected chi connectivity index (χ1v) is 11.9. The predicted octanol–water partition coefficient (Wildman–Crippen LogP) is 4.41. The van der Waals surface area contributed by atoms with Crippen LogP contribution in [0.1, 0.15) is 47.8 Å². The molecule has 7 heteroatoms. The SMILES string of the molecule is Cc1sc2ncnc(N[C@@H](C)C(=O)NCc3ccccc3CN3CCCCC3)c2c1C. The Morgan fingerprint density at radius 1 is 1.13 bits per heavy atom. The van der Waals surface area contributed by atoms with Crippen molar-refractivity contribution in [2.24, 2.45) is 0 Å². The van der Waals surface area contributed by atoms with Crippen LogP contribution in [0.25, 0.3) is 10.2 Å². The van der Waals surface area contributed by atoms with Crippen LogP contribution in [0.2, 0.25) is 0 Å². The third kappa shape index (κ3) is 5.05. The number of aromatic nitrogens is 2. The van der Waals surface area contributed by atoms with E-state index in [0.29, 0.717) is 6.54 Å². The molecule has 0 spiro atoms. The molecule has 31 heavy (non-hydrogen) atoms. The summed E-state index contributed by atoms with van der Waals surface area (Å²) in [5, 5.41) is 7.41. The highest BCUT2D eigenvalue weighted by molar-refractivity contribution is 7.18. The van der Waals surface area contributed by atoms with Crippen molar-refractivity contribution in [1.82, 2.24) is 20.2 Å². The lowest BCUT2D eigenvalue weighted by atomic mass is 10.0. The molecule has 1 fully saturated rings. The van der Waals surface area contributed by atoms with E-state index in [4.69, 9.17) is 0 Å². The van der Waals surface area contributed by atoms with Crippen molar-refractivity contribution in [3.05, 3.63) is 52.2 Å². The summed E-state index contributed by atoms with van der Waals surface area (Å²) >= 11 is 1.66. The van der Waals surface area contributed by atoms with Crippen LogP contribution >= 0.6 is 11.3 Å². The second kappa shape index (κ2) is 9.75. The number of likely N-dealkylation sites (tertiary alicyclic amines) is 1. The number of hydrogen-bond acceptors (Lipinski definition) is 6. The summed E-state index contributed by atoms with van der Waals surface area (Å²) in [6.45, 7) is 9.85. The van der Waals surface area contributed by atoms with Crippen LogP contribution in [0, 0.1) is 13.8 Å². The molecule has 2 aromatic heterocycles. The quantitative estimate of drug-likeness (QED) is 0.573. The van der Waals surface area contributed by atoms with Crippen LogP contribution < -0.4 is 10.6 Å². The van der Waals surface area contributed by atoms with Crippen LogP contribution in [0.4, 0.5) is 5.82 Å². The molecule has 3 heterocycles. The van der Waals surface area contributed by atoms with Gasteiger partial charge in [-0.25, -0.2) is 9.97 Å². The molecule has 1 aliphatic rings. The van der Waals surface area contributed by atoms with Crippen molar-refractivity contribution in [2.75, 3.05) is 18.4 Å². The van der Waals surface area contributed by atoms with Gasteiger partial charge in [0.2, 0.25) is 5.91 Å². The normalized spacial score (nSPS) is 15.7. The summed E-state index contributed by atoms with van der Waals surface area (Å²) in [4.78, 5) is 26.3. The minimum Gasteiger partial charge on any atom is -0.358 e. The Kier molecular flexibility index (Phi) is 6.83. The maximum Gasteiger partial charge on any atom is 0.242 e. The van der Waals surface area contributed by atoms with E-state index >= 15 is 0 Å². The Balaban J connectivity index is 1.39. The molecule has 1 amide bonds. The number of carbonyl (C=O) groups is 1. The molecule has 0 saturated carbocycles. The van der Waals surface area contributed by atoms with Crippen LogP contribution in [0.3, 0.4) is 0 Å². The van der Waals surface area contributed by atoms with Crippen LogP contribution in [0.5, 0.6) is 0 Å². The van der Waals surface area contributed by atoms with Crippen molar-refractivity contribution in [3.8, 4) is 0 Å². The van der Waals surface area contributed by atoms with Gasteiger partial charge in [0.25, 0.3) is 0 Å². The van der Waals surface area contributed by atoms with Crippen LogP contribution in [-0.2, 0) is 17.9 Å². The third-order valence-electron chi connectivity index (χ3n) is 6.13. The maximum absolute atomic E-state index is 12.8. The zero-order valence-corrected chi connectivity index (χ0v) is 19.4. The van der Waals surface area contributed by atoms with Crippen molar-refractivity contribution in [1.29, 1.82) is 0 Å². The van der Waals surface area contributed by atoms with E-state index in [9.17, 15) is 4.79 Å². The van der Waals surface area contributed by atoms with Crippen molar-refractivity contribution in [2.45, 2.75) is 59.2 Å². The second-order valence-corrected chi connectivity index (χ2v) is 9.58. The van der Waals surface area contributed by atoms with E-state index in [2.05, 4.69) is 57.5 Å². The molecular weight excluding hydrogens is 406 g/mol. The van der Waals surface area contributed by atoms with Gasteiger partial charge >= 0.3 is 0 Å². The van der Waals surface area contributed by atoms with Gasteiger partial charge in [-0.15, -0.1) is 11.3 Å². The zero-order chi connectivity index (χ0) is 21.8. The van der Waals surface area contributed by atoms with E-state index in [1.807, 2.05) is 13.0 Å². The molecule has 0 aliphatic carbocycles. The fourth-order valence-corrected chi connectivity index (χ4v) is 5.14. The fraction of sp³-hybridized carbons (Fsp3) is 0.458. The predicted molar refractivity (Wildman–Crippen MR) is 127 cm³/mol. The Morgan fingerprint density at radius 2 is 1.87 bits per heavy atom. The first-order chi connectivity index (χ1) is 15.0. The molecule has 1 atom stereocenters. The highest BCUT2D eigenvalue weighted by Gasteiger charge is 2.18. The summed E-state index contributed by atoms with van der Waals surface area (Å²) in [6.07, 6.45) is 5.45. The van der Waals surface area contributed by atoms with Gasteiger partial charge in [0, 0.05) is 18.0 Å². The zero-order valence-electron chi connectivity index (χ0n) is 18.6. The van der Waals surface area contributed by atoms with Gasteiger partial charge in [-0.3, -0.25) is 9.69 Å². The Hall–Kier alpha value is -2.51. The molecule has 4 rings (SSSR count). The molecule has 0 unspecified atom stereocenters. The lowest BCUT2D eigenvalue weighted by Gasteiger charge is -2.27. The fourth-order valence-electron chi connectivity index (χ4n) is 4.14. The summed E-state index contributed by atoms with van der Waals surface area (Å²) in [6, 6.07) is 8.02. The van der Waals surface area contributed by atoms with Gasteiger partial charge in [0.15, 0.2) is 0 Å². The molecular formula is C24H31N5OS. The molecule has 1 aromatic carbocycles. The van der Waals surface area contributed by atoms with E-state index < -0.39 is 6.04 Å². The number of rotatable bonds is 7. The van der Waals surface area contributed by atoms with Gasteiger partial charge in [0.1, 0.15) is 23.0 Å². The van der Waals surface area contributed by atoms with E-state index in [-0.39, 0.29) is 5.91 Å². The van der Waals surface area contributed by atoms with Crippen molar-refractivity contribution >= 4 is 33.3 Å². The summed E-state index contributed by atoms with van der Waals surface area (Å²) in [7, 11) is 0. The minimum absolute atomic E-state index is 0.0378. The summed E-state index contributed by atoms with van der Waals surface area (Å²) in [5.74, 6) is 0.684. The molecule has 1 saturated heterocycles. The number of nitrogens with one attached hydrogen (secondary N) is 2. The van der Waals surface area contributed by atoms with E-state index in [0.717, 1.165) is 35.7 Å². The molecule has 0 bridgehead atoms. The number of benzene rings is 1. The number of thiophene rings is 1. The largest absolute Gasteiger partial charge is 0.358 e. The van der Waals surface area contributed by atoms with Gasteiger partial charge in [-0.05, 0) is 63.4 Å². The van der Waals surface area contributed by atoms with Crippen LogP contribution in [0.15, 0.2) is 30.6 Å². The average Bonchev–Trinajstić information content (AvgIpc) is 3.08. The lowest BCUT2D eigenvalue weighted by molar-refractivity contribution is -0.121. The van der Waals surface area contributed by atoms with Crippen LogP contribution in [-0.4, -0.2) is 39.9 Å². The van der Waals surface area contributed by atoms with E-state index in [1.54, 1.807) is 17.7 Å². The summed E-state index contributed by atoms with van der Waals surface area (Å²) < 4.78 is 0. The van der Waals surface area contributed by atoms with Gasteiger partial charge < -0.3 is 10.6 Å². The number of anilines is 1. The number of amides is 1. The lowest BCUT2D eigenvalue weighted by Crippen LogP contribution is -2.37. The molecule has 164 valence electrons. The molecule has 3 aromatic rings. The van der Waals surface area contributed by atoms with Gasteiger partial charge in [0.05, 0.1) is 5.39 Å². The number of piperidine rings is 1. The topological polar surface area (TPSA) is 70.1 Å². The maximum atomic E-state index is 12.8. The molecule has 6 nitrogen and oxygen atoms in total. The summed E-state index contributed by atoms with van der Waals surface area (Å²) in [5.41, 5.74) is 3.65. The Labute approximate surface area is 188 Å². The first-order valence-electron chi connectivity index (χ1n) is 11.1. The highest BCUT2D eigenvalue weighted by Crippen LogP contribution is 2.32. The Bertz CT molecular complexity index is 1060. The number of nitrogens with zero attached hydrogens (tertiary/aromatic N) is 3. The molecule has 0 radical (unpaired) electrons. The van der Waals surface area contributed by atoms with Crippen molar-refractivity contribution < 1.29 is 4.79 Å². The second-order valence-electron chi connectivity index (χ2n) is 8.38. The van der Waals surface area contributed by atoms with Crippen molar-refractivity contribution in [3.63, 3.8) is 0 Å². The third-order valence-corrected chi connectivity index (χ3v) is 7.24. The molecule has 1 aliphatic heterocycles.